The van der Waals surface area contributed by atoms with Crippen LogP contribution in [0.4, 0.5) is 0 Å². The molecule has 0 N–H and O–H groups in total. The van der Waals surface area contributed by atoms with Crippen LogP contribution in [0.2, 0.25) is 0 Å². The molecule has 0 aromatic heterocycles. The third kappa shape index (κ3) is 4.31. The molecule has 6 nitrogen and oxygen atoms in total. The number of cyclic esters (lactones) is 1. The second kappa shape index (κ2) is 6.51. The van der Waals surface area contributed by atoms with E-state index in [9.17, 15) is 14.4 Å². The average molecular weight is 288 g/mol. The molecule has 0 spiro atoms. The predicted molar refractivity (Wildman–Crippen MR) is 70.7 cm³/mol. The van der Waals surface area contributed by atoms with Gasteiger partial charge in [-0.05, 0) is 18.2 Å². The molecule has 1 aromatic carbocycles. The van der Waals surface area contributed by atoms with Crippen LogP contribution in [0.5, 0.6) is 0 Å². The number of benzene rings is 1. The summed E-state index contributed by atoms with van der Waals surface area (Å²) in [5, 5.41) is 0. The molecule has 0 fully saturated rings. The van der Waals surface area contributed by atoms with E-state index in [4.69, 9.17) is 14.2 Å². The molecule has 1 aliphatic heterocycles. The molecule has 1 heterocycles. The Hall–Kier alpha value is -2.89. The maximum atomic E-state index is 11.9. The summed E-state index contributed by atoms with van der Waals surface area (Å²) in [5.41, 5.74) is 0.313. The first-order valence-electron chi connectivity index (χ1n) is 6.09. The topological polar surface area (TPSA) is 78.9 Å². The minimum atomic E-state index is -1.27. The van der Waals surface area contributed by atoms with Gasteiger partial charge in [-0.15, -0.1) is 0 Å². The highest BCUT2D eigenvalue weighted by atomic mass is 16.7. The van der Waals surface area contributed by atoms with Gasteiger partial charge in [-0.25, -0.2) is 9.59 Å². The van der Waals surface area contributed by atoms with Crippen molar-refractivity contribution in [2.24, 2.45) is 0 Å². The van der Waals surface area contributed by atoms with Crippen LogP contribution in [0.15, 0.2) is 54.3 Å². The van der Waals surface area contributed by atoms with Gasteiger partial charge >= 0.3 is 17.9 Å². The summed E-state index contributed by atoms with van der Waals surface area (Å²) in [7, 11) is 0. The summed E-state index contributed by atoms with van der Waals surface area (Å²) >= 11 is 0. The highest BCUT2D eigenvalue weighted by molar-refractivity contribution is 5.90. The van der Waals surface area contributed by atoms with Gasteiger partial charge in [-0.2, -0.15) is 0 Å². The largest absolute Gasteiger partial charge is 0.427 e. The normalized spacial score (nSPS) is 17.3. The van der Waals surface area contributed by atoms with E-state index in [0.717, 1.165) is 6.08 Å². The molecule has 21 heavy (non-hydrogen) atoms. The minimum Gasteiger partial charge on any atom is -0.427 e. The third-order valence-electron chi connectivity index (χ3n) is 2.41. The molecule has 108 valence electrons. The molecule has 0 saturated carbocycles. The molecule has 1 aromatic rings. The zero-order chi connectivity index (χ0) is 15.2. The van der Waals surface area contributed by atoms with E-state index in [1.165, 1.54) is 19.1 Å². The Bertz CT molecular complexity index is 614. The van der Waals surface area contributed by atoms with E-state index in [-0.39, 0.29) is 5.76 Å². The molecular weight excluding hydrogens is 276 g/mol. The number of allylic oxidation sites excluding steroid dienone is 1. The second-order valence-electron chi connectivity index (χ2n) is 4.07. The van der Waals surface area contributed by atoms with E-state index in [1.807, 2.05) is 0 Å². The van der Waals surface area contributed by atoms with Crippen LogP contribution in [-0.4, -0.2) is 24.2 Å². The standard InChI is InChI=1S/C15H12O6/c1-10(16)19-12-7-8-13(17)20-14(9-12)21-15(18)11-5-3-2-4-6-11/h2-9,14H,1H3. The van der Waals surface area contributed by atoms with E-state index in [1.54, 1.807) is 30.3 Å². The van der Waals surface area contributed by atoms with Crippen LogP contribution in [-0.2, 0) is 23.8 Å². The maximum Gasteiger partial charge on any atom is 0.341 e. The van der Waals surface area contributed by atoms with E-state index >= 15 is 0 Å². The Morgan fingerprint density at radius 2 is 1.86 bits per heavy atom. The fourth-order valence-electron chi connectivity index (χ4n) is 1.57. The Morgan fingerprint density at radius 1 is 1.14 bits per heavy atom. The molecule has 1 unspecified atom stereocenters. The number of esters is 3. The fourth-order valence-corrected chi connectivity index (χ4v) is 1.57. The van der Waals surface area contributed by atoms with Crippen molar-refractivity contribution in [3.63, 3.8) is 0 Å². The first-order chi connectivity index (χ1) is 10.0. The van der Waals surface area contributed by atoms with Crippen molar-refractivity contribution in [3.05, 3.63) is 59.9 Å². The summed E-state index contributed by atoms with van der Waals surface area (Å²) in [6.07, 6.45) is 2.30. The number of hydrogen-bond donors (Lipinski definition) is 0. The molecule has 1 aliphatic rings. The van der Waals surface area contributed by atoms with Crippen LogP contribution in [0.1, 0.15) is 17.3 Å². The van der Waals surface area contributed by atoms with Gasteiger partial charge in [0.05, 0.1) is 5.56 Å². The summed E-state index contributed by atoms with van der Waals surface area (Å²) in [6.45, 7) is 1.22. The average Bonchev–Trinajstić information content (AvgIpc) is 2.61. The quantitative estimate of drug-likeness (QED) is 0.788. The number of hydrogen-bond acceptors (Lipinski definition) is 6. The van der Waals surface area contributed by atoms with Crippen LogP contribution in [0.3, 0.4) is 0 Å². The lowest BCUT2D eigenvalue weighted by atomic mass is 10.2. The van der Waals surface area contributed by atoms with Gasteiger partial charge in [-0.3, -0.25) is 4.79 Å². The molecule has 0 bridgehead atoms. The smallest absolute Gasteiger partial charge is 0.341 e. The summed E-state index contributed by atoms with van der Waals surface area (Å²) in [5.74, 6) is -1.86. The Balaban J connectivity index is 2.12. The van der Waals surface area contributed by atoms with Crippen molar-refractivity contribution < 1.29 is 28.6 Å². The highest BCUT2D eigenvalue weighted by Gasteiger charge is 2.20. The number of ether oxygens (including phenoxy) is 3. The lowest BCUT2D eigenvalue weighted by Crippen LogP contribution is -2.21. The van der Waals surface area contributed by atoms with E-state index < -0.39 is 24.2 Å². The van der Waals surface area contributed by atoms with Gasteiger partial charge in [0.15, 0.2) is 0 Å². The van der Waals surface area contributed by atoms with Gasteiger partial charge in [-0.1, -0.05) is 18.2 Å². The van der Waals surface area contributed by atoms with Gasteiger partial charge in [0.2, 0.25) is 0 Å². The number of rotatable bonds is 3. The number of carbonyl (C=O) groups excluding carboxylic acids is 3. The Labute approximate surface area is 120 Å². The van der Waals surface area contributed by atoms with Gasteiger partial charge in [0.25, 0.3) is 6.29 Å². The maximum absolute atomic E-state index is 11.9. The molecule has 0 aliphatic carbocycles. The summed E-state index contributed by atoms with van der Waals surface area (Å²) < 4.78 is 14.8. The van der Waals surface area contributed by atoms with Crippen molar-refractivity contribution in [2.75, 3.05) is 0 Å². The zero-order valence-corrected chi connectivity index (χ0v) is 11.1. The highest BCUT2D eigenvalue weighted by Crippen LogP contribution is 2.13. The van der Waals surface area contributed by atoms with Gasteiger partial charge in [0.1, 0.15) is 5.76 Å². The monoisotopic (exact) mass is 288 g/mol. The van der Waals surface area contributed by atoms with Crippen molar-refractivity contribution >= 4 is 17.9 Å². The zero-order valence-electron chi connectivity index (χ0n) is 11.1. The Kier molecular flexibility index (Phi) is 4.50. The molecule has 0 saturated heterocycles. The van der Waals surface area contributed by atoms with Crippen molar-refractivity contribution in [2.45, 2.75) is 13.2 Å². The van der Waals surface area contributed by atoms with Crippen LogP contribution >= 0.6 is 0 Å². The molecule has 6 heteroatoms. The third-order valence-corrected chi connectivity index (χ3v) is 2.41. The second-order valence-corrected chi connectivity index (χ2v) is 4.07. The van der Waals surface area contributed by atoms with Crippen LogP contribution < -0.4 is 0 Å². The Morgan fingerprint density at radius 3 is 2.52 bits per heavy atom. The molecule has 1 atom stereocenters. The SMILES string of the molecule is CC(=O)OC1=CC(OC(=O)c2ccccc2)OC(=O)C=C1. The van der Waals surface area contributed by atoms with Gasteiger partial charge in [0, 0.05) is 19.1 Å². The summed E-state index contributed by atoms with van der Waals surface area (Å²) in [4.78, 5) is 34.2. The number of carbonyl (C=O) groups is 3. The lowest BCUT2D eigenvalue weighted by Gasteiger charge is -2.13. The van der Waals surface area contributed by atoms with E-state index in [2.05, 4.69) is 0 Å². The fraction of sp³-hybridized carbons (Fsp3) is 0.133. The minimum absolute atomic E-state index is 0.0687. The van der Waals surface area contributed by atoms with Crippen LogP contribution in [0, 0.1) is 0 Å². The van der Waals surface area contributed by atoms with Crippen LogP contribution in [0.25, 0.3) is 0 Å². The molecule has 0 radical (unpaired) electrons. The molecular formula is C15H12O6. The predicted octanol–water partition coefficient (Wildman–Crippen LogP) is 1.73. The first-order valence-corrected chi connectivity index (χ1v) is 6.09. The van der Waals surface area contributed by atoms with Crippen molar-refractivity contribution in [1.82, 2.24) is 0 Å². The molecule has 0 amide bonds. The van der Waals surface area contributed by atoms with Crippen molar-refractivity contribution in [1.29, 1.82) is 0 Å². The first kappa shape index (κ1) is 14.5. The van der Waals surface area contributed by atoms with Gasteiger partial charge < -0.3 is 14.2 Å². The molecule has 2 rings (SSSR count). The van der Waals surface area contributed by atoms with Crippen molar-refractivity contribution in [3.8, 4) is 0 Å². The lowest BCUT2D eigenvalue weighted by molar-refractivity contribution is -0.155. The van der Waals surface area contributed by atoms with E-state index in [0.29, 0.717) is 5.56 Å². The summed E-state index contributed by atoms with van der Waals surface area (Å²) in [6, 6.07) is 8.24.